The van der Waals surface area contributed by atoms with Crippen LogP contribution in [0.3, 0.4) is 0 Å². The van der Waals surface area contributed by atoms with Gasteiger partial charge in [0.15, 0.2) is 0 Å². The Balaban J connectivity index is 2.51. The highest BCUT2D eigenvalue weighted by Gasteiger charge is 2.20. The summed E-state index contributed by atoms with van der Waals surface area (Å²) >= 11 is 0. The van der Waals surface area contributed by atoms with Crippen molar-refractivity contribution < 1.29 is 14.3 Å². The van der Waals surface area contributed by atoms with Crippen LogP contribution in [0.15, 0.2) is 12.5 Å². The third-order valence-corrected chi connectivity index (χ3v) is 2.09. The first-order valence-electron chi connectivity index (χ1n) is 4.87. The number of hydrogen-bond donors (Lipinski definition) is 1. The summed E-state index contributed by atoms with van der Waals surface area (Å²) in [6.45, 7) is 0. The summed E-state index contributed by atoms with van der Waals surface area (Å²) in [4.78, 5) is 26.1. The number of carbonyl (C=O) groups excluding carboxylic acids is 2. The minimum absolute atomic E-state index is 0.217. The number of nitrogens with zero attached hydrogens (tertiary/aromatic N) is 3. The van der Waals surface area contributed by atoms with Crippen LogP contribution >= 0.6 is 0 Å². The fourth-order valence-electron chi connectivity index (χ4n) is 1.18. The third kappa shape index (κ3) is 3.70. The lowest BCUT2D eigenvalue weighted by atomic mass is 10.2. The SMILES string of the molecule is Cn1cncc1C[C@H](N)C(=O)OC(=O)CC#N. The van der Waals surface area contributed by atoms with Gasteiger partial charge in [-0.1, -0.05) is 0 Å². The minimum Gasteiger partial charge on any atom is -0.391 e. The molecular formula is C10H12N4O3. The number of imidazole rings is 1. The van der Waals surface area contributed by atoms with E-state index in [1.807, 2.05) is 0 Å². The van der Waals surface area contributed by atoms with Crippen LogP contribution in [-0.2, 0) is 27.8 Å². The monoisotopic (exact) mass is 236 g/mol. The van der Waals surface area contributed by atoms with Crippen molar-refractivity contribution in [1.29, 1.82) is 5.26 Å². The molecule has 0 amide bonds. The van der Waals surface area contributed by atoms with Gasteiger partial charge in [0, 0.05) is 25.4 Å². The maximum Gasteiger partial charge on any atom is 0.330 e. The van der Waals surface area contributed by atoms with Gasteiger partial charge in [-0.3, -0.25) is 4.79 Å². The number of nitriles is 1. The lowest BCUT2D eigenvalue weighted by Crippen LogP contribution is -2.36. The summed E-state index contributed by atoms with van der Waals surface area (Å²) in [5.41, 5.74) is 6.32. The van der Waals surface area contributed by atoms with Crippen molar-refractivity contribution in [3.63, 3.8) is 0 Å². The summed E-state index contributed by atoms with van der Waals surface area (Å²) in [5, 5.41) is 8.23. The summed E-state index contributed by atoms with van der Waals surface area (Å²) in [7, 11) is 1.77. The molecule has 17 heavy (non-hydrogen) atoms. The van der Waals surface area contributed by atoms with Gasteiger partial charge in [-0.05, 0) is 0 Å². The van der Waals surface area contributed by atoms with Crippen molar-refractivity contribution in [3.05, 3.63) is 18.2 Å². The van der Waals surface area contributed by atoms with Crippen molar-refractivity contribution in [2.75, 3.05) is 0 Å². The molecule has 1 rings (SSSR count). The largest absolute Gasteiger partial charge is 0.391 e. The molecule has 2 N–H and O–H groups in total. The average molecular weight is 236 g/mol. The highest BCUT2D eigenvalue weighted by Crippen LogP contribution is 2.02. The molecule has 0 aliphatic carbocycles. The zero-order chi connectivity index (χ0) is 12.8. The summed E-state index contributed by atoms with van der Waals surface area (Å²) in [6, 6.07) is 0.634. The van der Waals surface area contributed by atoms with E-state index in [2.05, 4.69) is 9.72 Å². The molecule has 0 saturated heterocycles. The summed E-state index contributed by atoms with van der Waals surface area (Å²) < 4.78 is 6.10. The molecule has 0 bridgehead atoms. The first-order valence-corrected chi connectivity index (χ1v) is 4.87. The van der Waals surface area contributed by atoms with E-state index in [9.17, 15) is 9.59 Å². The van der Waals surface area contributed by atoms with Crippen molar-refractivity contribution in [2.45, 2.75) is 18.9 Å². The fourth-order valence-corrected chi connectivity index (χ4v) is 1.18. The van der Waals surface area contributed by atoms with Gasteiger partial charge in [0.1, 0.15) is 12.5 Å². The smallest absolute Gasteiger partial charge is 0.330 e. The average Bonchev–Trinajstić information content (AvgIpc) is 2.64. The molecule has 90 valence electrons. The number of hydrogen-bond acceptors (Lipinski definition) is 6. The minimum atomic E-state index is -0.951. The number of ether oxygens (including phenoxy) is 1. The molecule has 0 aliphatic rings. The number of rotatable bonds is 4. The Morgan fingerprint density at radius 3 is 2.94 bits per heavy atom. The third-order valence-electron chi connectivity index (χ3n) is 2.09. The predicted octanol–water partition coefficient (Wildman–Crippen LogP) is -0.727. The first-order chi connectivity index (χ1) is 8.04. The van der Waals surface area contributed by atoms with Crippen LogP contribution in [0.5, 0.6) is 0 Å². The van der Waals surface area contributed by atoms with E-state index in [0.29, 0.717) is 0 Å². The van der Waals surface area contributed by atoms with Crippen molar-refractivity contribution >= 4 is 11.9 Å². The second kappa shape index (κ2) is 5.77. The van der Waals surface area contributed by atoms with E-state index in [1.54, 1.807) is 30.2 Å². The van der Waals surface area contributed by atoms with E-state index >= 15 is 0 Å². The van der Waals surface area contributed by atoms with Gasteiger partial charge in [-0.25, -0.2) is 9.78 Å². The van der Waals surface area contributed by atoms with E-state index < -0.39 is 24.4 Å². The van der Waals surface area contributed by atoms with Crippen LogP contribution in [0.1, 0.15) is 12.1 Å². The molecule has 1 atom stereocenters. The topological polar surface area (TPSA) is 111 Å². The molecule has 1 aromatic heterocycles. The second-order valence-corrected chi connectivity index (χ2v) is 3.43. The zero-order valence-corrected chi connectivity index (χ0v) is 9.29. The molecule has 0 aromatic carbocycles. The van der Waals surface area contributed by atoms with Crippen LogP contribution in [0.4, 0.5) is 0 Å². The Bertz CT molecular complexity index is 460. The maximum absolute atomic E-state index is 11.4. The molecular weight excluding hydrogens is 224 g/mol. The first kappa shape index (κ1) is 12.9. The Morgan fingerprint density at radius 2 is 2.41 bits per heavy atom. The van der Waals surface area contributed by atoms with E-state index in [4.69, 9.17) is 11.0 Å². The molecule has 7 heteroatoms. The van der Waals surface area contributed by atoms with E-state index in [1.165, 1.54) is 0 Å². The number of aromatic nitrogens is 2. The van der Waals surface area contributed by atoms with Gasteiger partial charge in [0.05, 0.1) is 12.4 Å². The van der Waals surface area contributed by atoms with Gasteiger partial charge in [-0.2, -0.15) is 5.26 Å². The van der Waals surface area contributed by atoms with Gasteiger partial charge in [-0.15, -0.1) is 0 Å². The highest BCUT2D eigenvalue weighted by atomic mass is 16.6. The number of esters is 2. The molecule has 0 fully saturated rings. The molecule has 0 unspecified atom stereocenters. The zero-order valence-electron chi connectivity index (χ0n) is 9.29. The normalized spacial score (nSPS) is 11.6. The summed E-state index contributed by atoms with van der Waals surface area (Å²) in [5.74, 6) is -1.73. The number of aryl methyl sites for hydroxylation is 1. The second-order valence-electron chi connectivity index (χ2n) is 3.43. The van der Waals surface area contributed by atoms with Crippen molar-refractivity contribution in [1.82, 2.24) is 9.55 Å². The number of nitrogens with two attached hydrogens (primary N) is 1. The lowest BCUT2D eigenvalue weighted by Gasteiger charge is -2.09. The molecule has 0 aliphatic heterocycles. The Morgan fingerprint density at radius 1 is 1.71 bits per heavy atom. The molecule has 0 spiro atoms. The van der Waals surface area contributed by atoms with Crippen LogP contribution in [0.25, 0.3) is 0 Å². The Hall–Kier alpha value is -2.20. The van der Waals surface area contributed by atoms with Gasteiger partial charge >= 0.3 is 11.9 Å². The summed E-state index contributed by atoms with van der Waals surface area (Å²) in [6.07, 6.45) is 2.90. The molecule has 1 heterocycles. The highest BCUT2D eigenvalue weighted by molar-refractivity contribution is 5.89. The molecule has 0 saturated carbocycles. The quantitative estimate of drug-likeness (QED) is 0.545. The fraction of sp³-hybridized carbons (Fsp3) is 0.400. The maximum atomic E-state index is 11.4. The Labute approximate surface area is 97.8 Å². The standard InChI is InChI=1S/C10H12N4O3/c1-14-6-13-5-7(14)4-8(12)10(16)17-9(15)2-3-11/h5-6,8H,2,4,12H2,1H3/t8-/m0/s1. The molecule has 0 radical (unpaired) electrons. The Kier molecular flexibility index (Phi) is 4.37. The van der Waals surface area contributed by atoms with Gasteiger partial charge in [0.25, 0.3) is 0 Å². The van der Waals surface area contributed by atoms with E-state index in [0.717, 1.165) is 5.69 Å². The van der Waals surface area contributed by atoms with Crippen LogP contribution in [0, 0.1) is 11.3 Å². The molecule has 1 aromatic rings. The van der Waals surface area contributed by atoms with Crippen molar-refractivity contribution in [3.8, 4) is 6.07 Å². The van der Waals surface area contributed by atoms with Crippen LogP contribution in [0.2, 0.25) is 0 Å². The van der Waals surface area contributed by atoms with Crippen LogP contribution < -0.4 is 5.73 Å². The number of carbonyl (C=O) groups is 2. The lowest BCUT2D eigenvalue weighted by molar-refractivity contribution is -0.159. The molecule has 7 nitrogen and oxygen atoms in total. The van der Waals surface area contributed by atoms with Gasteiger partial charge in [0.2, 0.25) is 0 Å². The van der Waals surface area contributed by atoms with E-state index in [-0.39, 0.29) is 6.42 Å². The predicted molar refractivity (Wildman–Crippen MR) is 56.2 cm³/mol. The van der Waals surface area contributed by atoms with Crippen molar-refractivity contribution in [2.24, 2.45) is 12.8 Å². The van der Waals surface area contributed by atoms with Gasteiger partial charge < -0.3 is 15.0 Å². The van der Waals surface area contributed by atoms with Crippen LogP contribution in [-0.4, -0.2) is 27.5 Å².